The first-order chi connectivity index (χ1) is 13.0. The van der Waals surface area contributed by atoms with Crippen molar-refractivity contribution >= 4 is 52.2 Å². The van der Waals surface area contributed by atoms with Crippen LogP contribution < -0.4 is 9.64 Å². The minimum Gasteiger partial charge on any atom is -0.493 e. The highest BCUT2D eigenvalue weighted by molar-refractivity contribution is 8.19. The number of benzene rings is 2. The molecule has 1 fully saturated rings. The van der Waals surface area contributed by atoms with Gasteiger partial charge < -0.3 is 9.84 Å². The Bertz CT molecular complexity index is 926. The van der Waals surface area contributed by atoms with Gasteiger partial charge in [0, 0.05) is 0 Å². The molecule has 6 nitrogen and oxygen atoms in total. The van der Waals surface area contributed by atoms with Gasteiger partial charge in [-0.3, -0.25) is 14.4 Å². The Morgan fingerprint density at radius 2 is 1.85 bits per heavy atom. The number of carboxylic acid groups (broad SMARTS) is 1. The normalized spacial score (nSPS) is 15.4. The number of nitrogens with zero attached hydrogens (tertiary/aromatic N) is 1. The smallest absolute Gasteiger partial charge is 0.306 e. The number of carboxylic acids is 1. The molecular weight excluding hydrogens is 390 g/mol. The Labute approximate surface area is 164 Å². The number of para-hydroxylation sites is 1. The van der Waals surface area contributed by atoms with Gasteiger partial charge in [0.2, 0.25) is 0 Å². The van der Waals surface area contributed by atoms with Gasteiger partial charge in [-0.2, -0.15) is 0 Å². The van der Waals surface area contributed by atoms with E-state index in [4.69, 9.17) is 21.4 Å². The molecule has 8 heteroatoms. The largest absolute Gasteiger partial charge is 0.493 e. The van der Waals surface area contributed by atoms with E-state index >= 15 is 0 Å². The topological polar surface area (TPSA) is 83.9 Å². The summed E-state index contributed by atoms with van der Waals surface area (Å²) in [4.78, 5) is 36.7. The molecule has 0 aliphatic carbocycles. The average Bonchev–Trinajstić information content (AvgIpc) is 2.90. The van der Waals surface area contributed by atoms with Crippen LogP contribution in [0.5, 0.6) is 5.75 Å². The maximum atomic E-state index is 12.6. The third kappa shape index (κ3) is 4.50. The number of halogens is 1. The fourth-order valence-corrected chi connectivity index (χ4v) is 3.43. The number of rotatable bonds is 6. The lowest BCUT2D eigenvalue weighted by molar-refractivity contribution is -0.137. The Kier molecular flexibility index (Phi) is 5.83. The first-order valence-electron chi connectivity index (χ1n) is 7.93. The quantitative estimate of drug-likeness (QED) is 0.718. The van der Waals surface area contributed by atoms with E-state index in [0.29, 0.717) is 26.9 Å². The highest BCUT2D eigenvalue weighted by Gasteiger charge is 2.37. The molecule has 1 aliphatic rings. The predicted molar refractivity (Wildman–Crippen MR) is 104 cm³/mol. The highest BCUT2D eigenvalue weighted by atomic mass is 35.5. The van der Waals surface area contributed by atoms with Crippen molar-refractivity contribution in [1.82, 2.24) is 0 Å². The number of anilines is 1. The van der Waals surface area contributed by atoms with E-state index < -0.39 is 17.1 Å². The lowest BCUT2D eigenvalue weighted by Gasteiger charge is -2.13. The van der Waals surface area contributed by atoms with E-state index in [2.05, 4.69) is 0 Å². The van der Waals surface area contributed by atoms with Crippen LogP contribution in [0, 0.1) is 0 Å². The van der Waals surface area contributed by atoms with E-state index in [0.717, 1.165) is 16.7 Å². The van der Waals surface area contributed by atoms with Crippen LogP contribution in [0.4, 0.5) is 10.5 Å². The number of carbonyl (C=O) groups excluding carboxylic acids is 2. The molecule has 2 amide bonds. The molecule has 138 valence electrons. The molecule has 2 aromatic rings. The summed E-state index contributed by atoms with van der Waals surface area (Å²) < 4.78 is 5.32. The molecule has 0 bridgehead atoms. The zero-order valence-electron chi connectivity index (χ0n) is 13.9. The first kappa shape index (κ1) is 19.0. The fraction of sp³-hybridized carbons (Fsp3) is 0.105. The van der Waals surface area contributed by atoms with Crippen molar-refractivity contribution in [2.45, 2.75) is 6.42 Å². The Morgan fingerprint density at radius 3 is 2.52 bits per heavy atom. The highest BCUT2D eigenvalue weighted by Crippen LogP contribution is 2.38. The summed E-state index contributed by atoms with van der Waals surface area (Å²) in [5.41, 5.74) is 1.07. The van der Waals surface area contributed by atoms with Crippen molar-refractivity contribution in [3.05, 3.63) is 64.0 Å². The molecule has 2 aromatic carbocycles. The minimum atomic E-state index is -0.930. The van der Waals surface area contributed by atoms with Gasteiger partial charge in [0.1, 0.15) is 5.75 Å². The van der Waals surface area contributed by atoms with E-state index in [-0.39, 0.29) is 13.0 Å². The van der Waals surface area contributed by atoms with E-state index in [1.54, 1.807) is 54.6 Å². The average molecular weight is 404 g/mol. The van der Waals surface area contributed by atoms with Crippen LogP contribution >= 0.6 is 23.4 Å². The van der Waals surface area contributed by atoms with Crippen molar-refractivity contribution in [1.29, 1.82) is 0 Å². The number of amides is 2. The molecule has 0 unspecified atom stereocenters. The lowest BCUT2D eigenvalue weighted by atomic mass is 10.2. The number of imide groups is 1. The van der Waals surface area contributed by atoms with Crippen molar-refractivity contribution < 1.29 is 24.2 Å². The van der Waals surface area contributed by atoms with Gasteiger partial charge in [-0.25, -0.2) is 4.90 Å². The van der Waals surface area contributed by atoms with Gasteiger partial charge in [-0.15, -0.1) is 0 Å². The van der Waals surface area contributed by atoms with Crippen molar-refractivity contribution in [2.24, 2.45) is 0 Å². The third-order valence-electron chi connectivity index (χ3n) is 3.65. The molecule has 1 heterocycles. The van der Waals surface area contributed by atoms with Crippen molar-refractivity contribution in [3.63, 3.8) is 0 Å². The number of thioether (sulfide) groups is 1. The molecule has 1 saturated heterocycles. The standard InChI is InChI=1S/C19H14ClNO5S/c20-14-3-1-2-4-15(14)21-18(24)16(27-19(21)25)11-12-5-7-13(8-6-12)26-10-9-17(22)23/h1-8,11H,9-10H2,(H,22,23)/b16-11+. The van der Waals surface area contributed by atoms with Crippen molar-refractivity contribution in [3.8, 4) is 5.75 Å². The fourth-order valence-electron chi connectivity index (χ4n) is 2.38. The Balaban J connectivity index is 1.74. The molecule has 1 N–H and O–H groups in total. The van der Waals surface area contributed by atoms with Gasteiger partial charge in [0.15, 0.2) is 0 Å². The van der Waals surface area contributed by atoms with E-state index in [9.17, 15) is 14.4 Å². The zero-order chi connectivity index (χ0) is 19.4. The maximum Gasteiger partial charge on any atom is 0.306 e. The summed E-state index contributed by atoms with van der Waals surface area (Å²) >= 11 is 6.94. The third-order valence-corrected chi connectivity index (χ3v) is 4.84. The summed E-state index contributed by atoms with van der Waals surface area (Å²) in [7, 11) is 0. The van der Waals surface area contributed by atoms with Gasteiger partial charge in [-0.05, 0) is 47.7 Å². The SMILES string of the molecule is O=C(O)CCOc1ccc(/C=C2/SC(=O)N(c3ccccc3Cl)C2=O)cc1. The minimum absolute atomic E-state index is 0.0748. The molecule has 0 atom stereocenters. The second-order valence-electron chi connectivity index (χ2n) is 5.53. The molecule has 0 spiro atoms. The molecule has 0 aromatic heterocycles. The zero-order valence-corrected chi connectivity index (χ0v) is 15.5. The van der Waals surface area contributed by atoms with Gasteiger partial charge in [0.25, 0.3) is 11.1 Å². The molecule has 1 aliphatic heterocycles. The molecular formula is C19H14ClNO5S. The van der Waals surface area contributed by atoms with Crippen LogP contribution in [0.2, 0.25) is 5.02 Å². The van der Waals surface area contributed by atoms with E-state index in [1.165, 1.54) is 0 Å². The number of hydrogen-bond acceptors (Lipinski definition) is 5. The second kappa shape index (κ2) is 8.28. The van der Waals surface area contributed by atoms with Crippen LogP contribution in [0.25, 0.3) is 6.08 Å². The van der Waals surface area contributed by atoms with Gasteiger partial charge >= 0.3 is 5.97 Å². The Hall–Kier alpha value is -2.77. The van der Waals surface area contributed by atoms with Crippen LogP contribution in [-0.2, 0) is 9.59 Å². The number of hydrogen-bond donors (Lipinski definition) is 1. The summed E-state index contributed by atoms with van der Waals surface area (Å²) in [5, 5.41) is 8.51. The summed E-state index contributed by atoms with van der Waals surface area (Å²) in [5.74, 6) is -0.835. The lowest BCUT2D eigenvalue weighted by Crippen LogP contribution is -2.27. The van der Waals surface area contributed by atoms with Gasteiger partial charge in [-0.1, -0.05) is 35.9 Å². The molecule has 0 saturated carbocycles. The second-order valence-corrected chi connectivity index (χ2v) is 6.93. The number of aliphatic carboxylic acids is 1. The van der Waals surface area contributed by atoms with Crippen LogP contribution in [0.3, 0.4) is 0 Å². The van der Waals surface area contributed by atoms with Gasteiger partial charge in [0.05, 0.1) is 28.6 Å². The maximum absolute atomic E-state index is 12.6. The molecule has 0 radical (unpaired) electrons. The Morgan fingerprint density at radius 1 is 1.15 bits per heavy atom. The summed E-state index contributed by atoms with van der Waals surface area (Å²) in [6, 6.07) is 13.5. The summed E-state index contributed by atoms with van der Waals surface area (Å²) in [6.45, 7) is 0.0748. The van der Waals surface area contributed by atoms with E-state index in [1.807, 2.05) is 0 Å². The monoisotopic (exact) mass is 403 g/mol. The molecule has 3 rings (SSSR count). The predicted octanol–water partition coefficient (Wildman–Crippen LogP) is 4.43. The van der Waals surface area contributed by atoms with Crippen LogP contribution in [0.15, 0.2) is 53.4 Å². The summed E-state index contributed by atoms with van der Waals surface area (Å²) in [6.07, 6.45) is 1.53. The first-order valence-corrected chi connectivity index (χ1v) is 9.12. The number of carbonyl (C=O) groups is 3. The molecule has 27 heavy (non-hydrogen) atoms. The van der Waals surface area contributed by atoms with Crippen molar-refractivity contribution in [2.75, 3.05) is 11.5 Å². The van der Waals surface area contributed by atoms with Crippen LogP contribution in [-0.4, -0.2) is 28.8 Å². The number of ether oxygens (including phenoxy) is 1. The van der Waals surface area contributed by atoms with Crippen LogP contribution in [0.1, 0.15) is 12.0 Å².